The fourth-order valence-electron chi connectivity index (χ4n) is 2.42. The number of hydrogen-bond donors (Lipinski definition) is 0. The van der Waals surface area contributed by atoms with Gasteiger partial charge in [-0.25, -0.2) is 5.32 Å². The maximum atomic E-state index is 5.51. The molecule has 2 rings (SSSR count). The van der Waals surface area contributed by atoms with E-state index in [-0.39, 0.29) is 0 Å². The van der Waals surface area contributed by atoms with E-state index in [1.807, 2.05) is 6.07 Å². The van der Waals surface area contributed by atoms with Gasteiger partial charge in [-0.1, -0.05) is 30.3 Å². The number of nitrogens with zero attached hydrogens (tertiary/aromatic N) is 1. The van der Waals surface area contributed by atoms with Crippen LogP contribution in [0.3, 0.4) is 0 Å². The van der Waals surface area contributed by atoms with E-state index in [9.17, 15) is 0 Å². The van der Waals surface area contributed by atoms with Crippen LogP contribution in [0.15, 0.2) is 30.3 Å². The molecule has 1 radical (unpaired) electrons. The fourth-order valence-corrected chi connectivity index (χ4v) is 2.42. The van der Waals surface area contributed by atoms with Gasteiger partial charge in [-0.05, 0) is 12.0 Å². The van der Waals surface area contributed by atoms with E-state index in [0.29, 0.717) is 6.04 Å². The lowest BCUT2D eigenvalue weighted by molar-refractivity contribution is -0.225. The molecule has 1 aromatic carbocycles. The van der Waals surface area contributed by atoms with Crippen LogP contribution in [-0.2, 0) is 15.9 Å². The molecule has 0 bridgehead atoms. The van der Waals surface area contributed by atoms with Crippen molar-refractivity contribution in [1.29, 1.82) is 0 Å². The highest BCUT2D eigenvalue weighted by molar-refractivity contribution is 5.16. The minimum Gasteiger partial charge on any atom is -0.353 e. The first-order valence-electron chi connectivity index (χ1n) is 6.09. The van der Waals surface area contributed by atoms with Crippen molar-refractivity contribution in [3.8, 4) is 0 Å². The van der Waals surface area contributed by atoms with Crippen molar-refractivity contribution < 1.29 is 9.47 Å². The van der Waals surface area contributed by atoms with E-state index in [1.165, 1.54) is 5.56 Å². The standard InChI is InChI=1S/C14H20NO2/c1-16-14(17-2)8-9-15-13(11-14)10-12-6-4-3-5-7-12/h3-7,13H,8-11H2,1-2H3. The average molecular weight is 234 g/mol. The molecule has 0 aliphatic carbocycles. The molecule has 3 heteroatoms. The molecule has 1 saturated heterocycles. The summed E-state index contributed by atoms with van der Waals surface area (Å²) in [6.45, 7) is 0.819. The first-order valence-corrected chi connectivity index (χ1v) is 6.09. The van der Waals surface area contributed by atoms with Gasteiger partial charge in [-0.15, -0.1) is 0 Å². The SMILES string of the molecule is COC1(OC)CC[N]C(Cc2ccccc2)C1. The predicted octanol–water partition coefficient (Wildman–Crippen LogP) is 1.98. The van der Waals surface area contributed by atoms with Gasteiger partial charge >= 0.3 is 0 Å². The van der Waals surface area contributed by atoms with Crippen LogP contribution in [-0.4, -0.2) is 32.6 Å². The molecule has 0 saturated carbocycles. The van der Waals surface area contributed by atoms with Crippen LogP contribution < -0.4 is 5.32 Å². The number of piperidine rings is 1. The van der Waals surface area contributed by atoms with Crippen molar-refractivity contribution in [2.75, 3.05) is 20.8 Å². The van der Waals surface area contributed by atoms with Crippen LogP contribution in [0.5, 0.6) is 0 Å². The molecular weight excluding hydrogens is 214 g/mol. The smallest absolute Gasteiger partial charge is 0.170 e. The molecule has 3 nitrogen and oxygen atoms in total. The summed E-state index contributed by atoms with van der Waals surface area (Å²) in [6, 6.07) is 10.8. The lowest BCUT2D eigenvalue weighted by Gasteiger charge is -2.38. The van der Waals surface area contributed by atoms with Gasteiger partial charge in [0.15, 0.2) is 5.79 Å². The van der Waals surface area contributed by atoms with Crippen molar-refractivity contribution in [2.24, 2.45) is 0 Å². The van der Waals surface area contributed by atoms with Crippen molar-refractivity contribution in [3.63, 3.8) is 0 Å². The number of rotatable bonds is 4. The van der Waals surface area contributed by atoms with Gasteiger partial charge in [0.25, 0.3) is 0 Å². The third kappa shape index (κ3) is 3.06. The summed E-state index contributed by atoms with van der Waals surface area (Å²) in [6.07, 6.45) is 2.66. The predicted molar refractivity (Wildman–Crippen MR) is 66.9 cm³/mol. The highest BCUT2D eigenvalue weighted by Gasteiger charge is 2.36. The largest absolute Gasteiger partial charge is 0.353 e. The summed E-state index contributed by atoms with van der Waals surface area (Å²) in [5.41, 5.74) is 1.32. The van der Waals surface area contributed by atoms with Crippen LogP contribution in [0.1, 0.15) is 18.4 Å². The Morgan fingerprint density at radius 2 is 1.94 bits per heavy atom. The number of benzene rings is 1. The van der Waals surface area contributed by atoms with E-state index >= 15 is 0 Å². The Hall–Kier alpha value is -0.900. The summed E-state index contributed by atoms with van der Waals surface area (Å²) < 4.78 is 11.0. The van der Waals surface area contributed by atoms with E-state index in [1.54, 1.807) is 14.2 Å². The molecule has 1 heterocycles. The van der Waals surface area contributed by atoms with Crippen molar-refractivity contribution in [3.05, 3.63) is 35.9 Å². The summed E-state index contributed by atoms with van der Waals surface area (Å²) >= 11 is 0. The second kappa shape index (κ2) is 5.63. The monoisotopic (exact) mass is 234 g/mol. The molecule has 1 atom stereocenters. The topological polar surface area (TPSA) is 32.6 Å². The van der Waals surface area contributed by atoms with Gasteiger partial charge in [0.2, 0.25) is 0 Å². The molecule has 0 N–H and O–H groups in total. The Morgan fingerprint density at radius 3 is 2.59 bits per heavy atom. The zero-order valence-corrected chi connectivity index (χ0v) is 10.6. The minimum atomic E-state index is -0.429. The summed E-state index contributed by atoms with van der Waals surface area (Å²) in [5.74, 6) is -0.429. The third-order valence-corrected chi connectivity index (χ3v) is 3.48. The van der Waals surface area contributed by atoms with Crippen LogP contribution in [0.25, 0.3) is 0 Å². The first kappa shape index (κ1) is 12.6. The second-order valence-corrected chi connectivity index (χ2v) is 4.52. The molecule has 0 aromatic heterocycles. The van der Waals surface area contributed by atoms with Crippen LogP contribution >= 0.6 is 0 Å². The number of hydrogen-bond acceptors (Lipinski definition) is 2. The molecule has 0 amide bonds. The molecule has 17 heavy (non-hydrogen) atoms. The first-order chi connectivity index (χ1) is 8.28. The quantitative estimate of drug-likeness (QED) is 0.746. The van der Waals surface area contributed by atoms with Gasteiger partial charge in [-0.3, -0.25) is 0 Å². The number of methoxy groups -OCH3 is 2. The molecule has 93 valence electrons. The molecule has 1 aliphatic heterocycles. The summed E-state index contributed by atoms with van der Waals surface area (Å²) in [5, 5.41) is 4.66. The van der Waals surface area contributed by atoms with Gasteiger partial charge < -0.3 is 9.47 Å². The lowest BCUT2D eigenvalue weighted by Crippen LogP contribution is -2.48. The van der Waals surface area contributed by atoms with Crippen LogP contribution in [0, 0.1) is 0 Å². The van der Waals surface area contributed by atoms with Crippen LogP contribution in [0.4, 0.5) is 0 Å². The zero-order chi connectivity index (χ0) is 12.1. The fraction of sp³-hybridized carbons (Fsp3) is 0.571. The van der Waals surface area contributed by atoms with Gasteiger partial charge in [-0.2, -0.15) is 0 Å². The van der Waals surface area contributed by atoms with Gasteiger partial charge in [0.05, 0.1) is 0 Å². The maximum absolute atomic E-state index is 5.51. The molecule has 1 aromatic rings. The zero-order valence-electron chi connectivity index (χ0n) is 10.6. The van der Waals surface area contributed by atoms with Gasteiger partial charge in [0.1, 0.15) is 0 Å². The van der Waals surface area contributed by atoms with E-state index in [4.69, 9.17) is 9.47 Å². The van der Waals surface area contributed by atoms with Crippen LogP contribution in [0.2, 0.25) is 0 Å². The molecule has 1 unspecified atom stereocenters. The Balaban J connectivity index is 1.98. The Kier molecular flexibility index (Phi) is 4.15. The summed E-state index contributed by atoms with van der Waals surface area (Å²) in [7, 11) is 3.43. The van der Waals surface area contributed by atoms with Crippen molar-refractivity contribution >= 4 is 0 Å². The Labute approximate surface area is 103 Å². The van der Waals surface area contributed by atoms with Crippen molar-refractivity contribution in [2.45, 2.75) is 31.1 Å². The van der Waals surface area contributed by atoms with Gasteiger partial charge in [0, 0.05) is 39.6 Å². The number of ether oxygens (including phenoxy) is 2. The molecule has 1 fully saturated rings. The second-order valence-electron chi connectivity index (χ2n) is 4.52. The lowest BCUT2D eigenvalue weighted by atomic mass is 9.93. The molecular formula is C14H20NO2. The third-order valence-electron chi connectivity index (χ3n) is 3.48. The normalized spacial score (nSPS) is 23.5. The molecule has 0 spiro atoms. The molecule has 1 aliphatic rings. The average Bonchev–Trinajstić information content (AvgIpc) is 2.40. The van der Waals surface area contributed by atoms with E-state index < -0.39 is 5.79 Å². The van der Waals surface area contributed by atoms with Crippen molar-refractivity contribution in [1.82, 2.24) is 5.32 Å². The van der Waals surface area contributed by atoms with E-state index in [0.717, 1.165) is 25.8 Å². The minimum absolute atomic E-state index is 0.297. The van der Waals surface area contributed by atoms with E-state index in [2.05, 4.69) is 29.6 Å². The summed E-state index contributed by atoms with van der Waals surface area (Å²) in [4.78, 5) is 0. The highest BCUT2D eigenvalue weighted by Crippen LogP contribution is 2.28. The maximum Gasteiger partial charge on any atom is 0.170 e. The highest BCUT2D eigenvalue weighted by atomic mass is 16.7. The Bertz CT molecular complexity index is 335. The Morgan fingerprint density at radius 1 is 1.24 bits per heavy atom.